The Kier molecular flexibility index (Phi) is 7.20. The fourth-order valence-electron chi connectivity index (χ4n) is 2.78. The highest BCUT2D eigenvalue weighted by Crippen LogP contribution is 2.38. The third kappa shape index (κ3) is 6.59. The minimum atomic E-state index is -0.561. The van der Waals surface area contributed by atoms with E-state index in [2.05, 4.69) is 5.32 Å². The molecule has 29 heavy (non-hydrogen) atoms. The molecule has 0 atom stereocenters. The van der Waals surface area contributed by atoms with Gasteiger partial charge in [-0.1, -0.05) is 30.3 Å². The van der Waals surface area contributed by atoms with Crippen LogP contribution < -0.4 is 5.32 Å². The molecule has 7 heteroatoms. The van der Waals surface area contributed by atoms with Crippen LogP contribution in [-0.2, 0) is 25.4 Å². The Bertz CT molecular complexity index is 719. The maximum absolute atomic E-state index is 12.1. The van der Waals surface area contributed by atoms with E-state index in [1.165, 1.54) is 0 Å². The van der Waals surface area contributed by atoms with Gasteiger partial charge in [0.1, 0.15) is 5.60 Å². The summed E-state index contributed by atoms with van der Waals surface area (Å²) in [6.45, 7) is 14.3. The second kappa shape index (κ2) is 8.90. The number of rotatable bonds is 6. The molecule has 0 radical (unpaired) electrons. The fraction of sp³-hybridized carbons (Fsp3) is 0.591. The predicted molar refractivity (Wildman–Crippen MR) is 115 cm³/mol. The first-order valence-electron chi connectivity index (χ1n) is 9.94. The number of methoxy groups -OCH3 is 1. The van der Waals surface area contributed by atoms with Crippen molar-refractivity contribution < 1.29 is 23.6 Å². The SMILES string of the molecule is COCc1ccc(C=C(CNC(=O)OC(C)(C)C)B2OC(C)(C)C(C)(C)O2)cc1. The molecule has 2 rings (SSSR count). The first-order valence-corrected chi connectivity index (χ1v) is 9.94. The van der Waals surface area contributed by atoms with Gasteiger partial charge >= 0.3 is 13.2 Å². The summed E-state index contributed by atoms with van der Waals surface area (Å²) in [6.07, 6.45) is 1.51. The minimum Gasteiger partial charge on any atom is -0.444 e. The molecule has 1 aliphatic rings. The number of amides is 1. The fourth-order valence-corrected chi connectivity index (χ4v) is 2.78. The van der Waals surface area contributed by atoms with Gasteiger partial charge in [0.15, 0.2) is 0 Å². The van der Waals surface area contributed by atoms with Crippen LogP contribution in [0.2, 0.25) is 0 Å². The average Bonchev–Trinajstić information content (AvgIpc) is 2.79. The summed E-state index contributed by atoms with van der Waals surface area (Å²) in [7, 11) is 1.11. The molecule has 0 aromatic heterocycles. The Balaban J connectivity index is 2.22. The third-order valence-electron chi connectivity index (χ3n) is 5.03. The molecule has 1 N–H and O–H groups in total. The molecule has 6 nitrogen and oxygen atoms in total. The second-order valence-electron chi connectivity index (χ2n) is 9.34. The van der Waals surface area contributed by atoms with Crippen LogP contribution in [0.4, 0.5) is 4.79 Å². The van der Waals surface area contributed by atoms with E-state index in [1.54, 1.807) is 7.11 Å². The summed E-state index contributed by atoms with van der Waals surface area (Å²) in [5.74, 6) is 0. The number of alkyl carbamates (subject to hydrolysis) is 1. The Morgan fingerprint density at radius 1 is 1.10 bits per heavy atom. The molecule has 1 aliphatic heterocycles. The number of ether oxygens (including phenoxy) is 2. The van der Waals surface area contributed by atoms with Gasteiger partial charge in [-0.3, -0.25) is 0 Å². The van der Waals surface area contributed by atoms with Gasteiger partial charge in [0.25, 0.3) is 0 Å². The first-order chi connectivity index (χ1) is 13.3. The van der Waals surface area contributed by atoms with Crippen molar-refractivity contribution in [2.45, 2.75) is 71.9 Å². The summed E-state index contributed by atoms with van der Waals surface area (Å²) in [6, 6.07) is 8.04. The van der Waals surface area contributed by atoms with Crippen LogP contribution in [0.1, 0.15) is 59.6 Å². The lowest BCUT2D eigenvalue weighted by Crippen LogP contribution is -2.41. The zero-order valence-electron chi connectivity index (χ0n) is 18.9. The Morgan fingerprint density at radius 2 is 1.66 bits per heavy atom. The molecule has 0 bridgehead atoms. The van der Waals surface area contributed by atoms with Gasteiger partial charge < -0.3 is 24.1 Å². The van der Waals surface area contributed by atoms with E-state index in [0.717, 1.165) is 16.6 Å². The van der Waals surface area contributed by atoms with Crippen molar-refractivity contribution in [2.75, 3.05) is 13.7 Å². The number of hydrogen-bond donors (Lipinski definition) is 1. The number of carbonyl (C=O) groups is 1. The maximum Gasteiger partial charge on any atom is 0.492 e. The molecular formula is C22H34BNO5. The lowest BCUT2D eigenvalue weighted by molar-refractivity contribution is 0.00578. The molecule has 1 aromatic rings. The van der Waals surface area contributed by atoms with Crippen LogP contribution in [0.3, 0.4) is 0 Å². The molecule has 0 spiro atoms. The molecular weight excluding hydrogens is 369 g/mol. The molecule has 1 aromatic carbocycles. The summed E-state index contributed by atoms with van der Waals surface area (Å²) in [5, 5.41) is 2.81. The number of nitrogens with one attached hydrogen (secondary N) is 1. The lowest BCUT2D eigenvalue weighted by atomic mass is 9.77. The maximum atomic E-state index is 12.1. The lowest BCUT2D eigenvalue weighted by Gasteiger charge is -2.32. The van der Waals surface area contributed by atoms with E-state index in [9.17, 15) is 4.79 Å². The van der Waals surface area contributed by atoms with Crippen LogP contribution in [0.5, 0.6) is 0 Å². The topological polar surface area (TPSA) is 66.0 Å². The molecule has 1 fully saturated rings. The second-order valence-corrected chi connectivity index (χ2v) is 9.34. The van der Waals surface area contributed by atoms with Gasteiger partial charge in [0.05, 0.1) is 17.8 Å². The zero-order chi connectivity index (χ0) is 21.9. The highest BCUT2D eigenvalue weighted by Gasteiger charge is 2.52. The molecule has 1 saturated heterocycles. The predicted octanol–water partition coefficient (Wildman–Crippen LogP) is 4.37. The Labute approximate surface area is 175 Å². The Morgan fingerprint density at radius 3 is 2.14 bits per heavy atom. The molecule has 1 heterocycles. The van der Waals surface area contributed by atoms with Crippen LogP contribution in [0, 0.1) is 0 Å². The summed E-state index contributed by atoms with van der Waals surface area (Å²) in [4.78, 5) is 12.1. The summed E-state index contributed by atoms with van der Waals surface area (Å²) >= 11 is 0. The van der Waals surface area contributed by atoms with Crippen molar-refractivity contribution in [3.8, 4) is 0 Å². The minimum absolute atomic E-state index is 0.256. The first kappa shape index (κ1) is 23.5. The standard InChI is InChI=1S/C22H34BNO5/c1-20(2,3)27-19(25)24-14-18(23-28-21(4,5)22(6,7)29-23)13-16-9-11-17(12-10-16)15-26-8/h9-13H,14-15H2,1-8H3,(H,24,25). The number of benzene rings is 1. The number of hydrogen-bond acceptors (Lipinski definition) is 5. The van der Waals surface area contributed by atoms with Crippen LogP contribution >= 0.6 is 0 Å². The van der Waals surface area contributed by atoms with Gasteiger partial charge in [-0.05, 0) is 65.1 Å². The van der Waals surface area contributed by atoms with E-state index in [0.29, 0.717) is 6.61 Å². The number of carbonyl (C=O) groups excluding carboxylic acids is 1. The molecule has 0 unspecified atom stereocenters. The highest BCUT2D eigenvalue weighted by molar-refractivity contribution is 6.56. The summed E-state index contributed by atoms with van der Waals surface area (Å²) < 4.78 is 22.9. The van der Waals surface area contributed by atoms with Crippen molar-refractivity contribution in [1.29, 1.82) is 0 Å². The van der Waals surface area contributed by atoms with Crippen molar-refractivity contribution in [1.82, 2.24) is 5.32 Å². The monoisotopic (exact) mass is 403 g/mol. The van der Waals surface area contributed by atoms with Crippen LogP contribution in [-0.4, -0.2) is 43.7 Å². The van der Waals surface area contributed by atoms with Gasteiger partial charge in [-0.2, -0.15) is 0 Å². The van der Waals surface area contributed by atoms with Crippen LogP contribution in [0.15, 0.2) is 29.7 Å². The molecule has 0 aliphatic carbocycles. The largest absolute Gasteiger partial charge is 0.492 e. The van der Waals surface area contributed by atoms with E-state index in [1.807, 2.05) is 78.8 Å². The molecule has 160 valence electrons. The quantitative estimate of drug-likeness (QED) is 0.715. The average molecular weight is 403 g/mol. The van der Waals surface area contributed by atoms with Gasteiger partial charge in [-0.25, -0.2) is 4.79 Å². The van der Waals surface area contributed by atoms with E-state index in [-0.39, 0.29) is 6.54 Å². The van der Waals surface area contributed by atoms with Crippen molar-refractivity contribution in [2.24, 2.45) is 0 Å². The Hall–Kier alpha value is -1.83. The van der Waals surface area contributed by atoms with Gasteiger partial charge in [0, 0.05) is 13.7 Å². The van der Waals surface area contributed by atoms with E-state index >= 15 is 0 Å². The normalized spacial score (nSPS) is 18.6. The molecule has 1 amide bonds. The van der Waals surface area contributed by atoms with E-state index < -0.39 is 30.0 Å². The van der Waals surface area contributed by atoms with Crippen molar-refractivity contribution in [3.63, 3.8) is 0 Å². The van der Waals surface area contributed by atoms with Crippen molar-refractivity contribution >= 4 is 19.3 Å². The third-order valence-corrected chi connectivity index (χ3v) is 5.03. The zero-order valence-corrected chi connectivity index (χ0v) is 18.9. The smallest absolute Gasteiger partial charge is 0.444 e. The highest BCUT2D eigenvalue weighted by atomic mass is 16.7. The van der Waals surface area contributed by atoms with Crippen LogP contribution in [0.25, 0.3) is 6.08 Å². The van der Waals surface area contributed by atoms with Gasteiger partial charge in [0.2, 0.25) is 0 Å². The van der Waals surface area contributed by atoms with E-state index in [4.69, 9.17) is 18.8 Å². The van der Waals surface area contributed by atoms with Gasteiger partial charge in [-0.15, -0.1) is 0 Å². The summed E-state index contributed by atoms with van der Waals surface area (Å²) in [5.41, 5.74) is 1.40. The van der Waals surface area contributed by atoms with Crippen molar-refractivity contribution in [3.05, 3.63) is 40.9 Å². The molecule has 0 saturated carbocycles.